The van der Waals surface area contributed by atoms with Crippen molar-refractivity contribution in [3.05, 3.63) is 65.5 Å². The summed E-state index contributed by atoms with van der Waals surface area (Å²) in [5.74, 6) is -0.154. The molecule has 3 rings (SSSR count). The molecule has 0 saturated carbocycles. The van der Waals surface area contributed by atoms with Gasteiger partial charge >= 0.3 is 6.18 Å². The normalized spacial score (nSPS) is 11.9. The van der Waals surface area contributed by atoms with E-state index < -0.39 is 24.1 Å². The van der Waals surface area contributed by atoms with Gasteiger partial charge in [0.1, 0.15) is 11.5 Å². The lowest BCUT2D eigenvalue weighted by Gasteiger charge is -2.10. The van der Waals surface area contributed by atoms with Crippen LogP contribution in [-0.4, -0.2) is 29.3 Å². The Labute approximate surface area is 175 Å². The highest BCUT2D eigenvalue weighted by molar-refractivity contribution is 7.14. The Hall–Kier alpha value is -3.20. The maximum atomic E-state index is 13.4. The third kappa shape index (κ3) is 5.66. The van der Waals surface area contributed by atoms with Crippen molar-refractivity contribution in [1.29, 1.82) is 0 Å². The molecule has 0 fully saturated rings. The Morgan fingerprint density at radius 1 is 1.13 bits per heavy atom. The zero-order chi connectivity index (χ0) is 21.6. The van der Waals surface area contributed by atoms with E-state index in [4.69, 9.17) is 4.74 Å². The van der Waals surface area contributed by atoms with Crippen molar-refractivity contribution < 1.29 is 22.7 Å². The van der Waals surface area contributed by atoms with Crippen LogP contribution in [0, 0.1) is 0 Å². The van der Waals surface area contributed by atoms with Crippen molar-refractivity contribution in [2.45, 2.75) is 19.5 Å². The number of halogens is 3. The quantitative estimate of drug-likeness (QED) is 0.277. The predicted molar refractivity (Wildman–Crippen MR) is 111 cm³/mol. The number of nitrogens with one attached hydrogen (secondary N) is 1. The fourth-order valence-electron chi connectivity index (χ4n) is 2.54. The number of alkyl halides is 3. The van der Waals surface area contributed by atoms with Crippen molar-refractivity contribution >= 4 is 28.0 Å². The highest BCUT2D eigenvalue weighted by Crippen LogP contribution is 2.26. The summed E-state index contributed by atoms with van der Waals surface area (Å²) in [6.07, 6.45) is -5.64. The number of hydrazone groups is 1. The molecule has 0 spiro atoms. The first-order valence-electron chi connectivity index (χ1n) is 9.03. The SMILES string of the molecule is CCOc1ccc(C(=O)C/C(=N\Nc2nc(-c3ccccc3)cs2)C(F)(F)F)cc1. The van der Waals surface area contributed by atoms with Crippen LogP contribution < -0.4 is 10.2 Å². The summed E-state index contributed by atoms with van der Waals surface area (Å²) in [5.41, 5.74) is 2.71. The average molecular weight is 433 g/mol. The first-order valence-corrected chi connectivity index (χ1v) is 9.91. The topological polar surface area (TPSA) is 63.6 Å². The number of Topliss-reactive ketones (excluding diaryl/α,β-unsaturated/α-hetero) is 1. The second-order valence-electron chi connectivity index (χ2n) is 6.13. The van der Waals surface area contributed by atoms with Gasteiger partial charge < -0.3 is 4.74 Å². The summed E-state index contributed by atoms with van der Waals surface area (Å²) < 4.78 is 45.4. The predicted octanol–water partition coefficient (Wildman–Crippen LogP) is 5.81. The molecule has 2 aromatic carbocycles. The molecule has 0 amide bonds. The smallest absolute Gasteiger partial charge is 0.431 e. The van der Waals surface area contributed by atoms with Crippen LogP contribution in [0.1, 0.15) is 23.7 Å². The van der Waals surface area contributed by atoms with E-state index in [2.05, 4.69) is 15.5 Å². The first kappa shape index (κ1) is 21.5. The lowest BCUT2D eigenvalue weighted by molar-refractivity contribution is -0.0602. The van der Waals surface area contributed by atoms with Gasteiger partial charge in [-0.05, 0) is 31.2 Å². The monoisotopic (exact) mass is 433 g/mol. The van der Waals surface area contributed by atoms with Crippen LogP contribution in [0.25, 0.3) is 11.3 Å². The van der Waals surface area contributed by atoms with Crippen LogP contribution >= 0.6 is 11.3 Å². The van der Waals surface area contributed by atoms with Gasteiger partial charge in [-0.15, -0.1) is 11.3 Å². The van der Waals surface area contributed by atoms with Crippen LogP contribution in [-0.2, 0) is 0 Å². The molecule has 30 heavy (non-hydrogen) atoms. The molecule has 0 aliphatic heterocycles. The molecular weight excluding hydrogens is 415 g/mol. The van der Waals surface area contributed by atoms with Gasteiger partial charge in [0.2, 0.25) is 5.13 Å². The number of ether oxygens (including phenoxy) is 1. The summed E-state index contributed by atoms with van der Waals surface area (Å²) in [5, 5.41) is 5.34. The summed E-state index contributed by atoms with van der Waals surface area (Å²) in [6, 6.07) is 15.2. The van der Waals surface area contributed by atoms with E-state index in [-0.39, 0.29) is 10.7 Å². The highest BCUT2D eigenvalue weighted by atomic mass is 32.1. The zero-order valence-electron chi connectivity index (χ0n) is 15.9. The number of thiazole rings is 1. The van der Waals surface area contributed by atoms with E-state index in [0.29, 0.717) is 18.1 Å². The number of ketones is 1. The van der Waals surface area contributed by atoms with Gasteiger partial charge in [-0.3, -0.25) is 10.2 Å². The number of carbonyl (C=O) groups excluding carboxylic acids is 1. The van der Waals surface area contributed by atoms with Crippen molar-refractivity contribution in [2.75, 3.05) is 12.0 Å². The largest absolute Gasteiger partial charge is 0.494 e. The van der Waals surface area contributed by atoms with Gasteiger partial charge in [0.15, 0.2) is 5.78 Å². The molecule has 0 aliphatic rings. The number of aromatic nitrogens is 1. The highest BCUT2D eigenvalue weighted by Gasteiger charge is 2.37. The molecule has 0 bridgehead atoms. The minimum atomic E-state index is -4.76. The lowest BCUT2D eigenvalue weighted by atomic mass is 10.1. The maximum Gasteiger partial charge on any atom is 0.431 e. The second kappa shape index (κ2) is 9.53. The fourth-order valence-corrected chi connectivity index (χ4v) is 3.20. The molecule has 0 aliphatic carbocycles. The van der Waals surface area contributed by atoms with Crippen LogP contribution in [0.3, 0.4) is 0 Å². The van der Waals surface area contributed by atoms with Crippen molar-refractivity contribution in [3.63, 3.8) is 0 Å². The van der Waals surface area contributed by atoms with Gasteiger partial charge in [0.25, 0.3) is 0 Å². The van der Waals surface area contributed by atoms with Crippen LogP contribution in [0.15, 0.2) is 65.1 Å². The van der Waals surface area contributed by atoms with Gasteiger partial charge in [0, 0.05) is 16.5 Å². The standard InChI is InChI=1S/C21H18F3N3O2S/c1-2-29-16-10-8-15(9-11-16)18(28)12-19(21(22,23)24)26-27-20-25-17(13-30-20)14-6-4-3-5-7-14/h3-11,13H,2,12H2,1H3,(H,25,27)/b26-19+. The Morgan fingerprint density at radius 3 is 2.47 bits per heavy atom. The van der Waals surface area contributed by atoms with E-state index in [1.807, 2.05) is 37.3 Å². The van der Waals surface area contributed by atoms with Crippen molar-refractivity contribution in [3.8, 4) is 17.0 Å². The Morgan fingerprint density at radius 2 is 1.83 bits per heavy atom. The number of benzene rings is 2. The van der Waals surface area contributed by atoms with Gasteiger partial charge in [0.05, 0.1) is 18.7 Å². The molecule has 0 saturated heterocycles. The molecule has 1 aromatic heterocycles. The number of anilines is 1. The Kier molecular flexibility index (Phi) is 6.83. The van der Waals surface area contributed by atoms with Crippen LogP contribution in [0.2, 0.25) is 0 Å². The first-order chi connectivity index (χ1) is 14.4. The molecule has 0 atom stereocenters. The number of nitrogens with zero attached hydrogens (tertiary/aromatic N) is 2. The number of carbonyl (C=O) groups is 1. The number of hydrogen-bond acceptors (Lipinski definition) is 6. The molecule has 1 heterocycles. The zero-order valence-corrected chi connectivity index (χ0v) is 16.8. The van der Waals surface area contributed by atoms with Gasteiger partial charge in [-0.2, -0.15) is 18.3 Å². The molecule has 3 aromatic rings. The Balaban J connectivity index is 1.72. The van der Waals surface area contributed by atoms with Crippen molar-refractivity contribution in [2.24, 2.45) is 5.10 Å². The van der Waals surface area contributed by atoms with Crippen LogP contribution in [0.5, 0.6) is 5.75 Å². The molecule has 0 unspecified atom stereocenters. The Bertz CT molecular complexity index is 1020. The van der Waals surface area contributed by atoms with E-state index >= 15 is 0 Å². The fraction of sp³-hybridized carbons (Fsp3) is 0.190. The summed E-state index contributed by atoms with van der Waals surface area (Å²) >= 11 is 1.12. The number of hydrogen-bond donors (Lipinski definition) is 1. The molecule has 0 radical (unpaired) electrons. The molecule has 5 nitrogen and oxygen atoms in total. The van der Waals surface area contributed by atoms with E-state index in [1.165, 1.54) is 12.1 Å². The minimum absolute atomic E-state index is 0.149. The average Bonchev–Trinajstić information content (AvgIpc) is 3.20. The maximum absolute atomic E-state index is 13.4. The summed E-state index contributed by atoms with van der Waals surface area (Å²) in [7, 11) is 0. The summed E-state index contributed by atoms with van der Waals surface area (Å²) in [6.45, 7) is 2.26. The van der Waals surface area contributed by atoms with Gasteiger partial charge in [-0.25, -0.2) is 4.98 Å². The van der Waals surface area contributed by atoms with E-state index in [9.17, 15) is 18.0 Å². The van der Waals surface area contributed by atoms with E-state index in [1.54, 1.807) is 17.5 Å². The minimum Gasteiger partial charge on any atom is -0.494 e. The summed E-state index contributed by atoms with van der Waals surface area (Å²) in [4.78, 5) is 16.5. The molecule has 1 N–H and O–H groups in total. The molecule has 9 heteroatoms. The second-order valence-corrected chi connectivity index (χ2v) is 6.99. The third-order valence-corrected chi connectivity index (χ3v) is 4.75. The molecule has 156 valence electrons. The van der Waals surface area contributed by atoms with E-state index in [0.717, 1.165) is 16.9 Å². The van der Waals surface area contributed by atoms with Crippen LogP contribution in [0.4, 0.5) is 18.3 Å². The third-order valence-electron chi connectivity index (χ3n) is 4.00. The van der Waals surface area contributed by atoms with Gasteiger partial charge in [-0.1, -0.05) is 30.3 Å². The lowest BCUT2D eigenvalue weighted by Crippen LogP contribution is -2.27. The van der Waals surface area contributed by atoms with Crippen molar-refractivity contribution in [1.82, 2.24) is 4.98 Å². The number of rotatable bonds is 8. The molecular formula is C21H18F3N3O2S.